The van der Waals surface area contributed by atoms with E-state index in [0.717, 1.165) is 6.04 Å². The zero-order valence-electron chi connectivity index (χ0n) is 4.15. The number of nitrogens with zero attached hydrogens (tertiary/aromatic N) is 1. The molecule has 0 aromatic heterocycles. The van der Waals surface area contributed by atoms with Crippen LogP contribution < -0.4 is 0 Å². The van der Waals surface area contributed by atoms with Crippen LogP contribution in [0, 0.1) is 0 Å². The van der Waals surface area contributed by atoms with Gasteiger partial charge in [-0.25, -0.2) is 4.58 Å². The quantitative estimate of drug-likeness (QED) is 0.321. The molecule has 0 radical (unpaired) electrons. The minimum atomic E-state index is 0.824. The van der Waals surface area contributed by atoms with E-state index >= 15 is 0 Å². The lowest BCUT2D eigenvalue weighted by molar-refractivity contribution is -0.350. The topological polar surface area (TPSA) is 3.01 Å². The Bertz CT molecular complexity index is 76.0. The van der Waals surface area contributed by atoms with Crippen LogP contribution in [-0.2, 0) is 0 Å². The molecule has 1 unspecified atom stereocenters. The van der Waals surface area contributed by atoms with Crippen LogP contribution in [0.2, 0.25) is 0 Å². The van der Waals surface area contributed by atoms with Crippen molar-refractivity contribution in [3.05, 3.63) is 0 Å². The zero-order valence-corrected chi connectivity index (χ0v) is 4.15. The molecule has 34 valence electrons. The van der Waals surface area contributed by atoms with Crippen molar-refractivity contribution in [2.45, 2.75) is 19.4 Å². The SMILES string of the molecule is C=[N+]1CC1CC. The highest BCUT2D eigenvalue weighted by atomic mass is 15.2. The molecule has 0 aromatic carbocycles. The maximum atomic E-state index is 3.74. The Kier molecular flexibility index (Phi) is 0.685. The lowest BCUT2D eigenvalue weighted by Crippen LogP contribution is -1.80. The van der Waals surface area contributed by atoms with Crippen molar-refractivity contribution in [3.8, 4) is 0 Å². The van der Waals surface area contributed by atoms with E-state index in [4.69, 9.17) is 0 Å². The third kappa shape index (κ3) is 0.445. The van der Waals surface area contributed by atoms with Crippen LogP contribution >= 0.6 is 0 Å². The van der Waals surface area contributed by atoms with Crippen LogP contribution in [0.15, 0.2) is 0 Å². The van der Waals surface area contributed by atoms with Crippen molar-refractivity contribution in [1.82, 2.24) is 0 Å². The summed E-state index contributed by atoms with van der Waals surface area (Å²) < 4.78 is 2.10. The third-order valence-electron chi connectivity index (χ3n) is 1.30. The van der Waals surface area contributed by atoms with Gasteiger partial charge in [0.2, 0.25) is 12.6 Å². The second kappa shape index (κ2) is 1.07. The van der Waals surface area contributed by atoms with Crippen LogP contribution in [0.3, 0.4) is 0 Å². The van der Waals surface area contributed by atoms with Gasteiger partial charge in [0, 0.05) is 6.42 Å². The summed E-state index contributed by atoms with van der Waals surface area (Å²) in [5.41, 5.74) is 0. The molecule has 1 rings (SSSR count). The van der Waals surface area contributed by atoms with Gasteiger partial charge in [0.25, 0.3) is 0 Å². The first-order valence-corrected chi connectivity index (χ1v) is 2.41. The molecule has 1 atom stereocenters. The predicted octanol–water partition coefficient (Wildman–Crippen LogP) is 0.492. The highest BCUT2D eigenvalue weighted by Crippen LogP contribution is 2.09. The van der Waals surface area contributed by atoms with Gasteiger partial charge in [-0.2, -0.15) is 0 Å². The minimum absolute atomic E-state index is 0.824. The Labute approximate surface area is 38.3 Å². The summed E-state index contributed by atoms with van der Waals surface area (Å²) in [6.07, 6.45) is 1.27. The minimum Gasteiger partial charge on any atom is -0.226 e. The van der Waals surface area contributed by atoms with E-state index in [9.17, 15) is 0 Å². The second-order valence-corrected chi connectivity index (χ2v) is 1.83. The van der Waals surface area contributed by atoms with Gasteiger partial charge < -0.3 is 0 Å². The first-order chi connectivity index (χ1) is 2.84. The molecular formula is C5H10N+. The zero-order chi connectivity index (χ0) is 4.57. The normalized spacial score (nSPS) is 30.8. The third-order valence-corrected chi connectivity index (χ3v) is 1.30. The summed E-state index contributed by atoms with van der Waals surface area (Å²) in [5.74, 6) is 0. The monoisotopic (exact) mass is 84.1 g/mol. The molecule has 0 bridgehead atoms. The van der Waals surface area contributed by atoms with Crippen molar-refractivity contribution in [3.63, 3.8) is 0 Å². The van der Waals surface area contributed by atoms with Crippen molar-refractivity contribution in [1.29, 1.82) is 0 Å². The highest BCUT2D eigenvalue weighted by molar-refractivity contribution is 5.16. The highest BCUT2D eigenvalue weighted by Gasteiger charge is 2.35. The van der Waals surface area contributed by atoms with Crippen LogP contribution in [0.1, 0.15) is 13.3 Å². The van der Waals surface area contributed by atoms with E-state index in [-0.39, 0.29) is 0 Å². The molecule has 1 heterocycles. The van der Waals surface area contributed by atoms with Crippen molar-refractivity contribution in [2.24, 2.45) is 0 Å². The Balaban J connectivity index is 2.26. The van der Waals surface area contributed by atoms with Crippen LogP contribution in [0.5, 0.6) is 0 Å². The van der Waals surface area contributed by atoms with Crippen LogP contribution in [-0.4, -0.2) is 23.9 Å². The van der Waals surface area contributed by atoms with Gasteiger partial charge in [-0.15, -0.1) is 0 Å². The average molecular weight is 84.1 g/mol. The Morgan fingerprint density at radius 1 is 2.00 bits per heavy atom. The maximum Gasteiger partial charge on any atom is 0.209 e. The van der Waals surface area contributed by atoms with E-state index in [1.54, 1.807) is 0 Å². The Hall–Kier alpha value is -0.330. The molecule has 0 aromatic rings. The fraction of sp³-hybridized carbons (Fsp3) is 0.800. The summed E-state index contributed by atoms with van der Waals surface area (Å²) in [6.45, 7) is 7.14. The first-order valence-electron chi connectivity index (χ1n) is 2.41. The molecule has 6 heavy (non-hydrogen) atoms. The van der Waals surface area contributed by atoms with E-state index in [0.29, 0.717) is 0 Å². The van der Waals surface area contributed by atoms with Crippen molar-refractivity contribution in [2.75, 3.05) is 6.54 Å². The van der Waals surface area contributed by atoms with Gasteiger partial charge in [0.1, 0.15) is 6.72 Å². The van der Waals surface area contributed by atoms with E-state index in [1.807, 2.05) is 0 Å². The van der Waals surface area contributed by atoms with Gasteiger partial charge in [0.05, 0.1) is 0 Å². The fourth-order valence-electron chi connectivity index (χ4n) is 0.611. The summed E-state index contributed by atoms with van der Waals surface area (Å²) in [7, 11) is 0. The van der Waals surface area contributed by atoms with E-state index in [1.165, 1.54) is 13.0 Å². The molecule has 1 nitrogen and oxygen atoms in total. The Morgan fingerprint density at radius 2 is 2.50 bits per heavy atom. The van der Waals surface area contributed by atoms with Gasteiger partial charge in [0.15, 0.2) is 0 Å². The van der Waals surface area contributed by atoms with Gasteiger partial charge in [-0.3, -0.25) is 0 Å². The summed E-state index contributed by atoms with van der Waals surface area (Å²) in [6, 6.07) is 0.824. The lowest BCUT2D eigenvalue weighted by Gasteiger charge is -1.65. The molecule has 0 N–H and O–H groups in total. The lowest BCUT2D eigenvalue weighted by atomic mass is 10.4. The molecule has 0 saturated carbocycles. The molecule has 1 fully saturated rings. The van der Waals surface area contributed by atoms with Gasteiger partial charge in [-0.05, 0) is 0 Å². The second-order valence-electron chi connectivity index (χ2n) is 1.83. The van der Waals surface area contributed by atoms with E-state index < -0.39 is 0 Å². The average Bonchev–Trinajstić information content (AvgIpc) is 2.19. The molecule has 0 aliphatic carbocycles. The summed E-state index contributed by atoms with van der Waals surface area (Å²) >= 11 is 0. The molecule has 1 aliphatic heterocycles. The number of hydrogen-bond donors (Lipinski definition) is 0. The molecular weight excluding hydrogens is 74.1 g/mol. The van der Waals surface area contributed by atoms with Crippen LogP contribution in [0.25, 0.3) is 0 Å². The van der Waals surface area contributed by atoms with Gasteiger partial charge in [-0.1, -0.05) is 6.92 Å². The number of rotatable bonds is 1. The standard InChI is InChI=1S/C5H10N/c1-3-5-4-6(5)2/h5H,2-4H2,1H3/q+1. The summed E-state index contributed by atoms with van der Waals surface area (Å²) in [5, 5.41) is 0. The fourth-order valence-corrected chi connectivity index (χ4v) is 0.611. The number of hydrogen-bond acceptors (Lipinski definition) is 0. The predicted molar refractivity (Wildman–Crippen MR) is 26.3 cm³/mol. The molecule has 1 aliphatic rings. The van der Waals surface area contributed by atoms with E-state index in [2.05, 4.69) is 18.2 Å². The van der Waals surface area contributed by atoms with Crippen molar-refractivity contribution < 1.29 is 4.58 Å². The van der Waals surface area contributed by atoms with Crippen molar-refractivity contribution >= 4 is 6.72 Å². The summed E-state index contributed by atoms with van der Waals surface area (Å²) in [4.78, 5) is 0. The maximum absolute atomic E-state index is 3.74. The first kappa shape index (κ1) is 3.85. The molecule has 0 amide bonds. The Morgan fingerprint density at radius 3 is 2.50 bits per heavy atom. The molecule has 1 saturated heterocycles. The van der Waals surface area contributed by atoms with Crippen LogP contribution in [0.4, 0.5) is 0 Å². The molecule has 1 heteroatoms. The molecule has 0 spiro atoms. The van der Waals surface area contributed by atoms with Gasteiger partial charge >= 0.3 is 0 Å². The largest absolute Gasteiger partial charge is 0.226 e. The smallest absolute Gasteiger partial charge is 0.209 e.